The number of oxime groups is 1. The quantitative estimate of drug-likeness (QED) is 0.427. The van der Waals surface area contributed by atoms with Gasteiger partial charge < -0.3 is 9.94 Å². The first-order chi connectivity index (χ1) is 17.8. The van der Waals surface area contributed by atoms with Crippen molar-refractivity contribution in [2.75, 3.05) is 13.1 Å². The van der Waals surface area contributed by atoms with E-state index >= 15 is 0 Å². The maximum absolute atomic E-state index is 13.9. The van der Waals surface area contributed by atoms with Gasteiger partial charge in [0.1, 0.15) is 6.61 Å². The highest BCUT2D eigenvalue weighted by molar-refractivity contribution is 6.02. The van der Waals surface area contributed by atoms with Gasteiger partial charge in [-0.05, 0) is 66.3 Å². The summed E-state index contributed by atoms with van der Waals surface area (Å²) in [5.74, 6) is -1.04. The summed E-state index contributed by atoms with van der Waals surface area (Å²) < 4.78 is 41.6. The van der Waals surface area contributed by atoms with Crippen LogP contribution in [0.2, 0.25) is 0 Å². The molecule has 0 unspecified atom stereocenters. The fourth-order valence-electron chi connectivity index (χ4n) is 5.92. The van der Waals surface area contributed by atoms with E-state index in [1.165, 1.54) is 11.6 Å². The van der Waals surface area contributed by atoms with E-state index in [4.69, 9.17) is 9.94 Å². The van der Waals surface area contributed by atoms with Crippen LogP contribution in [0, 0.1) is 5.92 Å². The molecule has 5 nitrogen and oxygen atoms in total. The lowest BCUT2D eigenvalue weighted by molar-refractivity contribution is -0.147. The van der Waals surface area contributed by atoms with Crippen LogP contribution in [0.1, 0.15) is 84.2 Å². The van der Waals surface area contributed by atoms with Crippen LogP contribution in [0.25, 0.3) is 0 Å². The number of likely N-dealkylation sites (tertiary alicyclic amines) is 1. The van der Waals surface area contributed by atoms with Gasteiger partial charge in [-0.1, -0.05) is 54.8 Å². The molecule has 3 aliphatic rings. The molecule has 1 saturated heterocycles. The smallest absolute Gasteiger partial charge is 0.416 e. The Morgan fingerprint density at radius 1 is 1.00 bits per heavy atom. The van der Waals surface area contributed by atoms with Gasteiger partial charge in [0, 0.05) is 25.2 Å². The lowest BCUT2D eigenvalue weighted by atomic mass is 9.81. The van der Waals surface area contributed by atoms with Gasteiger partial charge in [0.15, 0.2) is 0 Å². The van der Waals surface area contributed by atoms with Crippen LogP contribution < -0.4 is 0 Å². The van der Waals surface area contributed by atoms with E-state index < -0.39 is 17.7 Å². The summed E-state index contributed by atoms with van der Waals surface area (Å²) in [5, 5.41) is 13.4. The van der Waals surface area contributed by atoms with Gasteiger partial charge in [-0.25, -0.2) is 0 Å². The summed E-state index contributed by atoms with van der Waals surface area (Å²) in [6, 6.07) is 10.8. The van der Waals surface area contributed by atoms with E-state index in [-0.39, 0.29) is 18.4 Å². The fraction of sp³-hybridized carbons (Fsp3) is 0.517. The van der Waals surface area contributed by atoms with Crippen molar-refractivity contribution in [1.82, 2.24) is 4.90 Å². The summed E-state index contributed by atoms with van der Waals surface area (Å²) in [6.07, 6.45) is 2.92. The first kappa shape index (κ1) is 25.8. The van der Waals surface area contributed by atoms with Gasteiger partial charge in [-0.3, -0.25) is 9.69 Å². The Morgan fingerprint density at radius 3 is 2.49 bits per heavy atom. The SMILES string of the molecule is O=C(O)C1CN(Cc2ccc3c(c2)CCCC3=NOCc2ccc(C3CCCCC3)c(C(F)(F)F)c2)C1. The van der Waals surface area contributed by atoms with Crippen LogP contribution >= 0.6 is 0 Å². The Morgan fingerprint density at radius 2 is 1.76 bits per heavy atom. The van der Waals surface area contributed by atoms with E-state index in [1.54, 1.807) is 12.1 Å². The second-order valence-corrected chi connectivity index (χ2v) is 10.6. The molecule has 2 aromatic carbocycles. The van der Waals surface area contributed by atoms with Crippen molar-refractivity contribution in [3.05, 3.63) is 69.8 Å². The molecular formula is C29H33F3N2O3. The largest absolute Gasteiger partial charge is 0.481 e. The van der Waals surface area contributed by atoms with Crippen molar-refractivity contribution in [2.24, 2.45) is 11.1 Å². The van der Waals surface area contributed by atoms with E-state index in [0.717, 1.165) is 74.7 Å². The average Bonchev–Trinajstić information content (AvgIpc) is 2.85. The van der Waals surface area contributed by atoms with E-state index in [2.05, 4.69) is 16.1 Å². The second-order valence-electron chi connectivity index (χ2n) is 10.6. The number of rotatable bonds is 7. The summed E-state index contributed by atoms with van der Waals surface area (Å²) in [4.78, 5) is 18.7. The van der Waals surface area contributed by atoms with Crippen LogP contribution in [0.5, 0.6) is 0 Å². The predicted molar refractivity (Wildman–Crippen MR) is 134 cm³/mol. The molecule has 8 heteroatoms. The zero-order chi connectivity index (χ0) is 26.0. The average molecular weight is 515 g/mol. The van der Waals surface area contributed by atoms with Crippen molar-refractivity contribution in [3.8, 4) is 0 Å². The molecule has 37 heavy (non-hydrogen) atoms. The maximum Gasteiger partial charge on any atom is 0.416 e. The van der Waals surface area contributed by atoms with Crippen molar-refractivity contribution in [3.63, 3.8) is 0 Å². The molecule has 0 bridgehead atoms. The summed E-state index contributed by atoms with van der Waals surface area (Å²) >= 11 is 0. The van der Waals surface area contributed by atoms with Crippen LogP contribution in [0.3, 0.4) is 0 Å². The zero-order valence-corrected chi connectivity index (χ0v) is 20.9. The number of aliphatic carboxylic acids is 1. The fourth-order valence-corrected chi connectivity index (χ4v) is 5.92. The second kappa shape index (κ2) is 10.9. The molecule has 1 saturated carbocycles. The lowest BCUT2D eigenvalue weighted by Crippen LogP contribution is -2.49. The minimum Gasteiger partial charge on any atom is -0.481 e. The number of halogens is 3. The Bertz CT molecular complexity index is 1170. The highest BCUT2D eigenvalue weighted by Crippen LogP contribution is 2.41. The standard InChI is InChI=1S/C29H33F3N2O3/c30-29(31,32)26-14-20(10-11-24(26)21-5-2-1-3-6-21)18-37-33-27-8-4-7-22-13-19(9-12-25(22)27)15-34-16-23(17-34)28(35)36/h9-14,21,23H,1-8,15-18H2,(H,35,36). The van der Waals surface area contributed by atoms with Crippen molar-refractivity contribution >= 4 is 11.7 Å². The minimum atomic E-state index is -4.39. The Labute approximate surface area is 215 Å². The van der Waals surface area contributed by atoms with Crippen molar-refractivity contribution in [1.29, 1.82) is 0 Å². The van der Waals surface area contributed by atoms with Crippen LogP contribution in [-0.2, 0) is 35.4 Å². The highest BCUT2D eigenvalue weighted by atomic mass is 19.4. The molecule has 1 N–H and O–H groups in total. The third-order valence-corrected chi connectivity index (χ3v) is 7.93. The first-order valence-electron chi connectivity index (χ1n) is 13.2. The molecule has 1 aliphatic heterocycles. The number of carboxylic acids is 1. The van der Waals surface area contributed by atoms with Crippen LogP contribution in [-0.4, -0.2) is 34.8 Å². The van der Waals surface area contributed by atoms with Gasteiger partial charge in [0.05, 0.1) is 17.2 Å². The van der Waals surface area contributed by atoms with Gasteiger partial charge in [-0.2, -0.15) is 13.2 Å². The third-order valence-electron chi connectivity index (χ3n) is 7.93. The first-order valence-corrected chi connectivity index (χ1v) is 13.2. The normalized spacial score (nSPS) is 20.5. The van der Waals surface area contributed by atoms with Gasteiger partial charge in [0.25, 0.3) is 0 Å². The monoisotopic (exact) mass is 514 g/mol. The number of carboxylic acid groups (broad SMARTS) is 1. The Kier molecular flexibility index (Phi) is 7.56. The molecule has 2 aliphatic carbocycles. The zero-order valence-electron chi connectivity index (χ0n) is 20.9. The third kappa shape index (κ3) is 6.00. The van der Waals surface area contributed by atoms with Crippen molar-refractivity contribution in [2.45, 2.75) is 76.6 Å². The Hall–Kier alpha value is -2.87. The minimum absolute atomic E-state index is 0.00928. The number of hydrogen-bond acceptors (Lipinski definition) is 4. The molecule has 0 radical (unpaired) electrons. The summed E-state index contributed by atoms with van der Waals surface area (Å²) in [5.41, 5.74) is 4.50. The van der Waals surface area contributed by atoms with Crippen molar-refractivity contribution < 1.29 is 27.9 Å². The number of alkyl halides is 3. The number of carbonyl (C=O) groups is 1. The van der Waals surface area contributed by atoms with Crippen LogP contribution in [0.15, 0.2) is 41.6 Å². The molecule has 1 heterocycles. The molecule has 2 aromatic rings. The number of nitrogens with zero attached hydrogens (tertiary/aromatic N) is 2. The molecule has 0 atom stereocenters. The van der Waals surface area contributed by atoms with E-state index in [9.17, 15) is 18.0 Å². The molecule has 0 amide bonds. The summed E-state index contributed by atoms with van der Waals surface area (Å²) in [6.45, 7) is 1.86. The maximum atomic E-state index is 13.9. The Balaban J connectivity index is 1.24. The topological polar surface area (TPSA) is 62.1 Å². The van der Waals surface area contributed by atoms with Gasteiger partial charge in [-0.15, -0.1) is 0 Å². The molecule has 5 rings (SSSR count). The molecular weight excluding hydrogens is 481 g/mol. The highest BCUT2D eigenvalue weighted by Gasteiger charge is 2.36. The van der Waals surface area contributed by atoms with Gasteiger partial charge in [0.2, 0.25) is 0 Å². The molecule has 0 aromatic heterocycles. The van der Waals surface area contributed by atoms with Crippen LogP contribution in [0.4, 0.5) is 13.2 Å². The number of benzene rings is 2. The molecule has 2 fully saturated rings. The molecule has 198 valence electrons. The summed E-state index contributed by atoms with van der Waals surface area (Å²) in [7, 11) is 0. The van der Waals surface area contributed by atoms with Gasteiger partial charge >= 0.3 is 12.1 Å². The molecule has 0 spiro atoms. The predicted octanol–water partition coefficient (Wildman–Crippen LogP) is 6.53. The number of hydrogen-bond donors (Lipinski definition) is 1. The van der Waals surface area contributed by atoms with E-state index in [1.807, 2.05) is 12.1 Å². The van der Waals surface area contributed by atoms with E-state index in [0.29, 0.717) is 24.2 Å². The lowest BCUT2D eigenvalue weighted by Gasteiger charge is -2.36. The number of aryl methyl sites for hydroxylation is 1. The number of fused-ring (bicyclic) bond motifs is 1.